The maximum atomic E-state index is 10.9. The number of allylic oxidation sites excluding steroid dienone is 2. The van der Waals surface area contributed by atoms with E-state index in [2.05, 4.69) is 73.7 Å². The molecule has 0 saturated heterocycles. The predicted octanol–water partition coefficient (Wildman–Crippen LogP) is 5.23. The molecule has 0 amide bonds. The van der Waals surface area contributed by atoms with Crippen molar-refractivity contribution in [2.45, 2.75) is 44.4 Å². The summed E-state index contributed by atoms with van der Waals surface area (Å²) in [6.07, 6.45) is 9.45. The number of rotatable bonds is 7. The molecule has 6 nitrogen and oxygen atoms in total. The van der Waals surface area contributed by atoms with Gasteiger partial charge in [0.05, 0.1) is 0 Å². The first-order valence-corrected chi connectivity index (χ1v) is 12.5. The summed E-state index contributed by atoms with van der Waals surface area (Å²) < 4.78 is 0. The molecule has 1 aliphatic heterocycles. The maximum absolute atomic E-state index is 10.9. The van der Waals surface area contributed by atoms with Gasteiger partial charge in [0.25, 0.3) is 0 Å². The van der Waals surface area contributed by atoms with Crippen LogP contribution in [0.5, 0.6) is 0 Å². The van der Waals surface area contributed by atoms with Crippen molar-refractivity contribution >= 4 is 28.6 Å². The Bertz CT molecular complexity index is 1150. The number of carbonyl (C=O) groups is 1. The van der Waals surface area contributed by atoms with Gasteiger partial charge in [-0.25, -0.2) is 4.98 Å². The van der Waals surface area contributed by atoms with Crippen LogP contribution in [-0.4, -0.2) is 32.8 Å². The Morgan fingerprint density at radius 2 is 1.91 bits per heavy atom. The van der Waals surface area contributed by atoms with Gasteiger partial charge in [0.2, 0.25) is 0 Å². The first-order valence-electron chi connectivity index (χ1n) is 11.5. The number of aromatic nitrogens is 3. The predicted molar refractivity (Wildman–Crippen MR) is 131 cm³/mol. The molecule has 5 rings (SSSR count). The van der Waals surface area contributed by atoms with Crippen molar-refractivity contribution < 1.29 is 9.90 Å². The Balaban J connectivity index is 1.20. The normalized spacial score (nSPS) is 20.6. The lowest BCUT2D eigenvalue weighted by molar-refractivity contribution is -0.138. The fraction of sp³-hybridized carbons (Fsp3) is 0.346. The molecule has 0 spiro atoms. The van der Waals surface area contributed by atoms with Gasteiger partial charge in [-0.2, -0.15) is 16.4 Å². The number of hydrogen-bond donors (Lipinski definition) is 3. The second-order valence-corrected chi connectivity index (χ2v) is 9.75. The highest BCUT2D eigenvalue weighted by atomic mass is 32.1. The molecule has 2 aromatic heterocycles. The zero-order valence-electron chi connectivity index (χ0n) is 18.5. The van der Waals surface area contributed by atoms with Crippen LogP contribution in [-0.2, 0) is 11.2 Å². The molecule has 7 heteroatoms. The molecule has 170 valence electrons. The zero-order valence-corrected chi connectivity index (χ0v) is 19.3. The average molecular weight is 461 g/mol. The summed E-state index contributed by atoms with van der Waals surface area (Å²) in [5.41, 5.74) is 5.97. The van der Waals surface area contributed by atoms with Gasteiger partial charge in [-0.15, -0.1) is 0 Å². The van der Waals surface area contributed by atoms with Crippen LogP contribution in [0.3, 0.4) is 0 Å². The SMILES string of the molecule is O=C(O)C[C@H]1CC[C@H](c2ccc(C3=CC=C(c4nc(Cc5ccsc5)n[nH]4)CN3)cc2)CC1. The number of hydrogen-bond acceptors (Lipinski definition) is 5. The Morgan fingerprint density at radius 1 is 1.09 bits per heavy atom. The van der Waals surface area contributed by atoms with E-state index in [9.17, 15) is 4.79 Å². The molecule has 3 heterocycles. The fourth-order valence-electron chi connectivity index (χ4n) is 4.83. The molecule has 0 atom stereocenters. The molecule has 2 aliphatic rings. The molecule has 1 saturated carbocycles. The van der Waals surface area contributed by atoms with Crippen molar-refractivity contribution in [3.63, 3.8) is 0 Å². The number of dihydropyridines is 1. The van der Waals surface area contributed by atoms with Crippen LogP contribution in [0, 0.1) is 5.92 Å². The van der Waals surface area contributed by atoms with E-state index in [1.54, 1.807) is 11.3 Å². The first-order chi connectivity index (χ1) is 16.1. The Hall–Kier alpha value is -3.19. The quantitative estimate of drug-likeness (QED) is 0.449. The number of carboxylic acid groups (broad SMARTS) is 1. The smallest absolute Gasteiger partial charge is 0.303 e. The number of H-pyrrole nitrogens is 1. The largest absolute Gasteiger partial charge is 0.481 e. The summed E-state index contributed by atoms with van der Waals surface area (Å²) in [5.74, 6) is 1.84. The Labute approximate surface area is 197 Å². The molecular formula is C26H28N4O2S. The average Bonchev–Trinajstić information content (AvgIpc) is 3.52. The molecule has 1 aliphatic carbocycles. The lowest BCUT2D eigenvalue weighted by atomic mass is 9.77. The number of aliphatic carboxylic acids is 1. The van der Waals surface area contributed by atoms with Crippen molar-refractivity contribution in [1.29, 1.82) is 0 Å². The van der Waals surface area contributed by atoms with Crippen molar-refractivity contribution in [1.82, 2.24) is 20.5 Å². The van der Waals surface area contributed by atoms with Crippen LogP contribution < -0.4 is 5.32 Å². The monoisotopic (exact) mass is 460 g/mol. The third kappa shape index (κ3) is 5.25. The minimum absolute atomic E-state index is 0.310. The van der Waals surface area contributed by atoms with Crippen molar-refractivity contribution in [2.75, 3.05) is 6.54 Å². The minimum Gasteiger partial charge on any atom is -0.481 e. The van der Waals surface area contributed by atoms with E-state index >= 15 is 0 Å². The first kappa shape index (κ1) is 21.6. The standard InChI is InChI=1S/C26H28N4O2S/c31-25(32)14-17-1-3-19(4-2-17)20-5-7-21(8-6-20)23-10-9-22(15-27-23)26-28-24(29-30-26)13-18-11-12-33-16-18/h5-12,16-17,19,27H,1-4,13-15H2,(H,31,32)(H,28,29,30)/t17-,19-. The maximum Gasteiger partial charge on any atom is 0.303 e. The molecule has 0 unspecified atom stereocenters. The summed E-state index contributed by atoms with van der Waals surface area (Å²) in [7, 11) is 0. The Morgan fingerprint density at radius 3 is 2.58 bits per heavy atom. The van der Waals surface area contributed by atoms with Crippen LogP contribution in [0.2, 0.25) is 0 Å². The number of aromatic amines is 1. The molecule has 1 fully saturated rings. The van der Waals surface area contributed by atoms with Gasteiger partial charge < -0.3 is 10.4 Å². The van der Waals surface area contributed by atoms with Crippen LogP contribution in [0.25, 0.3) is 11.3 Å². The summed E-state index contributed by atoms with van der Waals surface area (Å²) in [4.78, 5) is 15.6. The van der Waals surface area contributed by atoms with Crippen LogP contribution in [0.15, 0.2) is 53.2 Å². The number of thiophene rings is 1. The molecule has 1 aromatic carbocycles. The van der Waals surface area contributed by atoms with Crippen molar-refractivity contribution in [2.24, 2.45) is 5.92 Å². The highest BCUT2D eigenvalue weighted by molar-refractivity contribution is 7.07. The van der Waals surface area contributed by atoms with Gasteiger partial charge >= 0.3 is 5.97 Å². The highest BCUT2D eigenvalue weighted by Gasteiger charge is 2.24. The lowest BCUT2D eigenvalue weighted by Gasteiger charge is -2.28. The van der Waals surface area contributed by atoms with E-state index in [1.807, 2.05) is 0 Å². The summed E-state index contributed by atoms with van der Waals surface area (Å²) in [5, 5.41) is 24.2. The zero-order chi connectivity index (χ0) is 22.6. The third-order valence-corrected chi connectivity index (χ3v) is 7.43. The van der Waals surface area contributed by atoms with E-state index in [0.717, 1.165) is 55.0 Å². The van der Waals surface area contributed by atoms with Gasteiger partial charge in [-0.1, -0.05) is 30.3 Å². The van der Waals surface area contributed by atoms with Gasteiger partial charge in [0.15, 0.2) is 11.6 Å². The van der Waals surface area contributed by atoms with Crippen molar-refractivity contribution in [3.8, 4) is 0 Å². The molecule has 33 heavy (non-hydrogen) atoms. The van der Waals surface area contributed by atoms with E-state index < -0.39 is 5.97 Å². The van der Waals surface area contributed by atoms with Gasteiger partial charge in [0.1, 0.15) is 0 Å². The lowest BCUT2D eigenvalue weighted by Crippen LogP contribution is -2.19. The summed E-state index contributed by atoms with van der Waals surface area (Å²) >= 11 is 1.69. The molecule has 0 radical (unpaired) electrons. The van der Waals surface area contributed by atoms with Gasteiger partial charge in [-0.3, -0.25) is 9.89 Å². The number of nitrogens with one attached hydrogen (secondary N) is 2. The minimum atomic E-state index is -0.671. The van der Waals surface area contributed by atoms with E-state index in [-0.39, 0.29) is 0 Å². The third-order valence-electron chi connectivity index (χ3n) is 6.70. The molecule has 3 aromatic rings. The second kappa shape index (κ2) is 9.75. The fourth-order valence-corrected chi connectivity index (χ4v) is 5.50. The Kier molecular flexibility index (Phi) is 6.39. The number of nitrogens with zero attached hydrogens (tertiary/aromatic N) is 2. The molecular weight excluding hydrogens is 432 g/mol. The van der Waals surface area contributed by atoms with E-state index in [0.29, 0.717) is 24.8 Å². The van der Waals surface area contributed by atoms with Gasteiger partial charge in [-0.05, 0) is 77.1 Å². The van der Waals surface area contributed by atoms with Crippen LogP contribution in [0.4, 0.5) is 0 Å². The topological polar surface area (TPSA) is 90.9 Å². The number of carboxylic acids is 1. The van der Waals surface area contributed by atoms with Crippen molar-refractivity contribution in [3.05, 3.63) is 81.6 Å². The van der Waals surface area contributed by atoms with E-state index in [1.165, 1.54) is 16.7 Å². The number of benzene rings is 1. The highest BCUT2D eigenvalue weighted by Crippen LogP contribution is 2.37. The summed E-state index contributed by atoms with van der Waals surface area (Å²) in [6.45, 7) is 0.703. The molecule has 3 N–H and O–H groups in total. The van der Waals surface area contributed by atoms with Crippen LogP contribution in [0.1, 0.15) is 66.4 Å². The molecule has 0 bridgehead atoms. The van der Waals surface area contributed by atoms with Crippen LogP contribution >= 0.6 is 11.3 Å². The second-order valence-electron chi connectivity index (χ2n) is 8.97. The van der Waals surface area contributed by atoms with Gasteiger partial charge in [0, 0.05) is 30.7 Å². The summed E-state index contributed by atoms with van der Waals surface area (Å²) in [6, 6.07) is 10.9. The van der Waals surface area contributed by atoms with E-state index in [4.69, 9.17) is 5.11 Å².